The third-order valence-corrected chi connectivity index (χ3v) is 4.07. The van der Waals surface area contributed by atoms with E-state index in [9.17, 15) is 4.79 Å². The van der Waals surface area contributed by atoms with Crippen molar-refractivity contribution in [2.24, 2.45) is 10.4 Å². The van der Waals surface area contributed by atoms with Crippen molar-refractivity contribution >= 4 is 11.5 Å². The summed E-state index contributed by atoms with van der Waals surface area (Å²) in [6.07, 6.45) is 9.31. The Morgan fingerprint density at radius 1 is 1.26 bits per heavy atom. The molecule has 1 aliphatic heterocycles. The summed E-state index contributed by atoms with van der Waals surface area (Å²) in [6, 6.07) is -0.448. The van der Waals surface area contributed by atoms with E-state index in [2.05, 4.69) is 45.9 Å². The minimum Gasteiger partial charge on any atom is -0.377 e. The molecule has 1 heterocycles. The van der Waals surface area contributed by atoms with Crippen molar-refractivity contribution in [2.75, 3.05) is 13.7 Å². The summed E-state index contributed by atoms with van der Waals surface area (Å²) in [4.78, 5) is 17.0. The predicted octanol–water partition coefficient (Wildman–Crippen LogP) is 4.22. The number of carbonyl (C=O) groups excluding carboxylic acids is 1. The molecule has 0 saturated carbocycles. The van der Waals surface area contributed by atoms with Crippen LogP contribution in [0.5, 0.6) is 0 Å². The summed E-state index contributed by atoms with van der Waals surface area (Å²) in [7, 11) is 1.54. The molecule has 3 nitrogen and oxygen atoms in total. The molecule has 0 saturated heterocycles. The maximum Gasteiger partial charge on any atom is 0.186 e. The number of hydrogen-bond donors (Lipinski definition) is 0. The second-order valence-electron chi connectivity index (χ2n) is 7.45. The number of methoxy groups -OCH3 is 1. The fourth-order valence-corrected chi connectivity index (χ4v) is 2.79. The largest absolute Gasteiger partial charge is 0.377 e. The van der Waals surface area contributed by atoms with Crippen LogP contribution in [0.25, 0.3) is 0 Å². The average Bonchev–Trinajstić information content (AvgIpc) is 2.66. The van der Waals surface area contributed by atoms with Crippen molar-refractivity contribution in [3.8, 4) is 0 Å². The molecule has 0 spiro atoms. The van der Waals surface area contributed by atoms with Crippen molar-refractivity contribution in [2.45, 2.75) is 47.1 Å². The lowest BCUT2D eigenvalue weighted by molar-refractivity contribution is -0.122. The van der Waals surface area contributed by atoms with Gasteiger partial charge < -0.3 is 4.74 Å². The van der Waals surface area contributed by atoms with Gasteiger partial charge >= 0.3 is 0 Å². The van der Waals surface area contributed by atoms with E-state index in [-0.39, 0.29) is 17.8 Å². The van der Waals surface area contributed by atoms with Gasteiger partial charge in [-0.2, -0.15) is 0 Å². The molecule has 23 heavy (non-hydrogen) atoms. The Labute approximate surface area is 139 Å². The van der Waals surface area contributed by atoms with E-state index in [1.807, 2.05) is 13.0 Å². The lowest BCUT2D eigenvalue weighted by Crippen LogP contribution is -2.22. The molecular formula is C20H27NO2. The Bertz CT molecular complexity index is 652. The number of Topliss-reactive ketones (excluding diaryl/α,β-unsaturated/α-hetero) is 1. The highest BCUT2D eigenvalue weighted by Gasteiger charge is 2.24. The fraction of sp³-hybridized carbons (Fsp3) is 0.500. The Hall–Kier alpha value is -1.74. The van der Waals surface area contributed by atoms with Gasteiger partial charge in [0.05, 0.1) is 0 Å². The first kappa shape index (κ1) is 17.6. The van der Waals surface area contributed by atoms with Crippen LogP contribution in [-0.4, -0.2) is 31.3 Å². The van der Waals surface area contributed by atoms with Crippen LogP contribution in [0.4, 0.5) is 0 Å². The van der Waals surface area contributed by atoms with Crippen LogP contribution in [0.3, 0.4) is 0 Å². The quantitative estimate of drug-likeness (QED) is 0.782. The Morgan fingerprint density at radius 2 is 1.96 bits per heavy atom. The third kappa shape index (κ3) is 4.38. The Balaban J connectivity index is 2.49. The molecule has 1 aliphatic carbocycles. The number of fused-ring (bicyclic) bond motifs is 1. The number of ether oxygens (including phenoxy) is 1. The number of carbonyl (C=O) groups is 1. The number of nitrogens with zero attached hydrogens (tertiary/aromatic N) is 1. The third-order valence-electron chi connectivity index (χ3n) is 4.07. The molecule has 0 N–H and O–H groups in total. The van der Waals surface area contributed by atoms with Crippen LogP contribution in [0, 0.1) is 5.41 Å². The van der Waals surface area contributed by atoms with Gasteiger partial charge in [0.15, 0.2) is 5.78 Å². The van der Waals surface area contributed by atoms with Crippen molar-refractivity contribution in [1.82, 2.24) is 0 Å². The predicted molar refractivity (Wildman–Crippen MR) is 95.9 cm³/mol. The maximum atomic E-state index is 12.2. The van der Waals surface area contributed by atoms with Gasteiger partial charge in [0.25, 0.3) is 0 Å². The van der Waals surface area contributed by atoms with E-state index < -0.39 is 6.04 Å². The van der Waals surface area contributed by atoms with E-state index in [0.29, 0.717) is 0 Å². The molecule has 2 aliphatic rings. The zero-order valence-electron chi connectivity index (χ0n) is 15.1. The second kappa shape index (κ2) is 6.79. The zero-order chi connectivity index (χ0) is 17.2. The lowest BCUT2D eigenvalue weighted by atomic mass is 9.85. The van der Waals surface area contributed by atoms with Crippen molar-refractivity contribution in [3.05, 3.63) is 46.6 Å². The first-order valence-electron chi connectivity index (χ1n) is 8.09. The Kier molecular flexibility index (Phi) is 5.20. The highest BCUT2D eigenvalue weighted by atomic mass is 16.5. The van der Waals surface area contributed by atoms with Gasteiger partial charge in [-0.25, -0.2) is 0 Å². The fourth-order valence-electron chi connectivity index (χ4n) is 2.79. The number of ketones is 1. The normalized spacial score (nSPS) is 21.8. The molecule has 124 valence electrons. The molecule has 2 rings (SSSR count). The standard InChI is InChI=1S/C20H27NO2/c1-13-7-15-11-16(20(3,4)5)8-14(2)9-17(15)21-18(10-13)19(22)12-23-6/h7-8,10-11,18H,9,12H2,1-6H3. The van der Waals surface area contributed by atoms with E-state index in [4.69, 9.17) is 9.73 Å². The second-order valence-corrected chi connectivity index (χ2v) is 7.45. The first-order valence-corrected chi connectivity index (χ1v) is 8.09. The zero-order valence-corrected chi connectivity index (χ0v) is 15.1. The van der Waals surface area contributed by atoms with Crippen molar-refractivity contribution in [1.29, 1.82) is 0 Å². The van der Waals surface area contributed by atoms with Gasteiger partial charge in [0.2, 0.25) is 0 Å². The van der Waals surface area contributed by atoms with E-state index in [1.165, 1.54) is 11.1 Å². The van der Waals surface area contributed by atoms with Crippen LogP contribution >= 0.6 is 0 Å². The van der Waals surface area contributed by atoms with Gasteiger partial charge in [-0.05, 0) is 42.6 Å². The number of rotatable bonds is 3. The van der Waals surface area contributed by atoms with E-state index >= 15 is 0 Å². The van der Waals surface area contributed by atoms with Gasteiger partial charge in [-0.3, -0.25) is 9.79 Å². The SMILES string of the molecule is COCC(=O)C1C=C(C)C=C2C=C(C(C)(C)C)C=C(C)CC2=N1. The summed E-state index contributed by atoms with van der Waals surface area (Å²) in [5.74, 6) is -0.0000889. The first-order chi connectivity index (χ1) is 10.7. The summed E-state index contributed by atoms with van der Waals surface area (Å²) >= 11 is 0. The van der Waals surface area contributed by atoms with Gasteiger partial charge in [-0.15, -0.1) is 0 Å². The highest BCUT2D eigenvalue weighted by molar-refractivity contribution is 6.07. The summed E-state index contributed by atoms with van der Waals surface area (Å²) in [5, 5.41) is 0. The van der Waals surface area contributed by atoms with Crippen LogP contribution in [0.2, 0.25) is 0 Å². The van der Waals surface area contributed by atoms with Crippen molar-refractivity contribution < 1.29 is 9.53 Å². The topological polar surface area (TPSA) is 38.7 Å². The molecule has 0 amide bonds. The summed E-state index contributed by atoms with van der Waals surface area (Å²) in [6.45, 7) is 10.9. The van der Waals surface area contributed by atoms with E-state index in [1.54, 1.807) is 7.11 Å². The monoisotopic (exact) mass is 313 g/mol. The molecule has 0 bridgehead atoms. The van der Waals surface area contributed by atoms with Crippen LogP contribution in [0.1, 0.15) is 41.0 Å². The van der Waals surface area contributed by atoms with Gasteiger partial charge in [0, 0.05) is 19.2 Å². The lowest BCUT2D eigenvalue weighted by Gasteiger charge is -2.20. The molecule has 0 fully saturated rings. The average molecular weight is 313 g/mol. The Morgan fingerprint density at radius 3 is 2.57 bits per heavy atom. The van der Waals surface area contributed by atoms with Crippen LogP contribution in [-0.2, 0) is 9.53 Å². The number of hydrogen-bond acceptors (Lipinski definition) is 3. The smallest absolute Gasteiger partial charge is 0.186 e. The summed E-state index contributed by atoms with van der Waals surface area (Å²) in [5.41, 5.74) is 5.81. The minimum atomic E-state index is -0.448. The highest BCUT2D eigenvalue weighted by Crippen LogP contribution is 2.33. The van der Waals surface area contributed by atoms with Crippen LogP contribution < -0.4 is 0 Å². The molecule has 0 radical (unpaired) electrons. The summed E-state index contributed by atoms with van der Waals surface area (Å²) < 4.78 is 4.99. The minimum absolute atomic E-state index is 0.0000889. The van der Waals surface area contributed by atoms with Gasteiger partial charge in [0.1, 0.15) is 12.6 Å². The molecule has 3 heteroatoms. The maximum absolute atomic E-state index is 12.2. The molecule has 1 unspecified atom stereocenters. The van der Waals surface area contributed by atoms with E-state index in [0.717, 1.165) is 23.3 Å². The molecule has 0 aromatic heterocycles. The van der Waals surface area contributed by atoms with Crippen LogP contribution in [0.15, 0.2) is 51.6 Å². The molecule has 0 aromatic carbocycles. The molecule has 0 aromatic rings. The molecular weight excluding hydrogens is 286 g/mol. The number of aliphatic imine (C=N–C) groups is 1. The van der Waals surface area contributed by atoms with Crippen molar-refractivity contribution in [3.63, 3.8) is 0 Å². The van der Waals surface area contributed by atoms with Gasteiger partial charge in [-0.1, -0.05) is 44.1 Å². The number of allylic oxidation sites excluding steroid dienone is 7. The molecule has 1 atom stereocenters.